The lowest BCUT2D eigenvalue weighted by atomic mass is 9.59. The lowest BCUT2D eigenvalue weighted by Gasteiger charge is -2.44. The standard InChI is InChI=1S/C21H22N6O2/c1-21-11-14(12-28)17(29)10-15(21)8-9-16-18(21)22-19(13-6-4-3-5-7-13)27(16)20-23-25-26(2)24-20/h3-7,12,15,28H,8-11H2,1-2H3/b14-12-. The molecule has 2 atom stereocenters. The van der Waals surface area contributed by atoms with Crippen LogP contribution in [0.25, 0.3) is 17.3 Å². The lowest BCUT2D eigenvalue weighted by molar-refractivity contribution is -0.119. The maximum absolute atomic E-state index is 12.4. The molecule has 148 valence electrons. The Hall–Kier alpha value is -3.29. The van der Waals surface area contributed by atoms with Gasteiger partial charge in [-0.25, -0.2) is 4.98 Å². The zero-order chi connectivity index (χ0) is 20.2. The van der Waals surface area contributed by atoms with Crippen LogP contribution < -0.4 is 0 Å². The quantitative estimate of drug-likeness (QED) is 0.534. The van der Waals surface area contributed by atoms with Crippen molar-refractivity contribution in [2.24, 2.45) is 13.0 Å². The zero-order valence-corrected chi connectivity index (χ0v) is 16.4. The third-order valence-electron chi connectivity index (χ3n) is 6.38. The molecule has 2 heterocycles. The highest BCUT2D eigenvalue weighted by Gasteiger charge is 2.49. The van der Waals surface area contributed by atoms with Crippen LogP contribution in [0.4, 0.5) is 0 Å². The van der Waals surface area contributed by atoms with Crippen LogP contribution in [0, 0.1) is 5.92 Å². The van der Waals surface area contributed by atoms with Gasteiger partial charge >= 0.3 is 0 Å². The van der Waals surface area contributed by atoms with E-state index in [1.54, 1.807) is 7.05 Å². The largest absolute Gasteiger partial charge is 0.515 e. The second-order valence-electron chi connectivity index (χ2n) is 8.12. The molecule has 0 radical (unpaired) electrons. The average molecular weight is 390 g/mol. The number of aryl methyl sites for hydroxylation is 1. The van der Waals surface area contributed by atoms with Gasteiger partial charge in [0.25, 0.3) is 5.95 Å². The SMILES string of the molecule is Cn1nnc(-n2c(-c3ccccc3)nc3c2CCC2CC(=O)/C(=C\O)CC32C)n1. The zero-order valence-electron chi connectivity index (χ0n) is 16.4. The Kier molecular flexibility index (Phi) is 3.90. The summed E-state index contributed by atoms with van der Waals surface area (Å²) >= 11 is 0. The first-order valence-corrected chi connectivity index (χ1v) is 9.79. The van der Waals surface area contributed by atoms with Gasteiger partial charge in [-0.2, -0.15) is 4.80 Å². The topological polar surface area (TPSA) is 98.7 Å². The highest BCUT2D eigenvalue weighted by atomic mass is 16.2. The van der Waals surface area contributed by atoms with E-state index in [0.29, 0.717) is 24.4 Å². The van der Waals surface area contributed by atoms with E-state index in [1.807, 2.05) is 34.9 Å². The van der Waals surface area contributed by atoms with Gasteiger partial charge in [0.15, 0.2) is 5.78 Å². The smallest absolute Gasteiger partial charge is 0.276 e. The number of hydrogen-bond donors (Lipinski definition) is 1. The van der Waals surface area contributed by atoms with Crippen LogP contribution >= 0.6 is 0 Å². The predicted octanol–water partition coefficient (Wildman–Crippen LogP) is 2.69. The lowest BCUT2D eigenvalue weighted by Crippen LogP contribution is -2.43. The van der Waals surface area contributed by atoms with Crippen LogP contribution in [0.5, 0.6) is 0 Å². The van der Waals surface area contributed by atoms with Crippen LogP contribution in [0.2, 0.25) is 0 Å². The number of rotatable bonds is 2. The number of imidazole rings is 1. The van der Waals surface area contributed by atoms with E-state index in [9.17, 15) is 9.90 Å². The van der Waals surface area contributed by atoms with E-state index in [1.165, 1.54) is 4.80 Å². The molecular weight excluding hydrogens is 368 g/mol. The van der Waals surface area contributed by atoms with Crippen molar-refractivity contribution in [3.8, 4) is 17.3 Å². The number of Topliss-reactive ketones (excluding diaryl/α,β-unsaturated/α-hetero) is 1. The van der Waals surface area contributed by atoms with Crippen molar-refractivity contribution >= 4 is 5.78 Å². The summed E-state index contributed by atoms with van der Waals surface area (Å²) in [5, 5.41) is 22.3. The number of tetrazole rings is 1. The average Bonchev–Trinajstić information content (AvgIpc) is 3.32. The number of aliphatic hydroxyl groups excluding tert-OH is 1. The van der Waals surface area contributed by atoms with Crippen LogP contribution in [0.3, 0.4) is 0 Å². The molecule has 0 saturated heterocycles. The van der Waals surface area contributed by atoms with Gasteiger partial charge in [-0.15, -0.1) is 5.10 Å². The second-order valence-corrected chi connectivity index (χ2v) is 8.12. The molecule has 0 amide bonds. The van der Waals surface area contributed by atoms with E-state index in [-0.39, 0.29) is 17.1 Å². The van der Waals surface area contributed by atoms with Gasteiger partial charge < -0.3 is 5.11 Å². The summed E-state index contributed by atoms with van der Waals surface area (Å²) in [4.78, 5) is 18.9. The molecule has 1 fully saturated rings. The van der Waals surface area contributed by atoms with Crippen LogP contribution in [-0.4, -0.2) is 40.6 Å². The first-order valence-electron chi connectivity index (χ1n) is 9.79. The molecule has 29 heavy (non-hydrogen) atoms. The Morgan fingerprint density at radius 2 is 2.07 bits per heavy atom. The molecule has 2 unspecified atom stereocenters. The number of allylic oxidation sites excluding steroid dienone is 1. The van der Waals surface area contributed by atoms with Crippen molar-refractivity contribution in [2.75, 3.05) is 0 Å². The van der Waals surface area contributed by atoms with Gasteiger partial charge in [-0.1, -0.05) is 42.4 Å². The molecule has 8 heteroatoms. The molecule has 1 N–H and O–H groups in total. The number of carbonyl (C=O) groups is 1. The number of aromatic nitrogens is 6. The first-order chi connectivity index (χ1) is 14.0. The Bertz CT molecular complexity index is 1130. The number of carbonyl (C=O) groups excluding carboxylic acids is 1. The summed E-state index contributed by atoms with van der Waals surface area (Å²) in [7, 11) is 1.74. The first kappa shape index (κ1) is 17.8. The molecule has 1 aromatic carbocycles. The van der Waals surface area contributed by atoms with E-state index in [4.69, 9.17) is 4.98 Å². The summed E-state index contributed by atoms with van der Waals surface area (Å²) in [5.41, 5.74) is 3.14. The van der Waals surface area contributed by atoms with Crippen molar-refractivity contribution in [3.63, 3.8) is 0 Å². The second kappa shape index (κ2) is 6.37. The minimum atomic E-state index is -0.326. The molecule has 0 aliphatic heterocycles. The van der Waals surface area contributed by atoms with Gasteiger partial charge in [0.05, 0.1) is 24.7 Å². The molecule has 2 aliphatic rings. The monoisotopic (exact) mass is 390 g/mol. The number of hydrogen-bond acceptors (Lipinski definition) is 6. The van der Waals surface area contributed by atoms with Crippen molar-refractivity contribution in [1.82, 2.24) is 29.8 Å². The summed E-state index contributed by atoms with van der Waals surface area (Å²) in [5.74, 6) is 1.51. The Labute approximate surface area is 167 Å². The van der Waals surface area contributed by atoms with Crippen LogP contribution in [0.1, 0.15) is 37.6 Å². The summed E-state index contributed by atoms with van der Waals surface area (Å²) < 4.78 is 2.00. The Morgan fingerprint density at radius 3 is 2.76 bits per heavy atom. The van der Waals surface area contributed by atoms with Crippen molar-refractivity contribution in [2.45, 2.75) is 38.0 Å². The highest BCUT2D eigenvalue weighted by molar-refractivity contribution is 5.96. The summed E-state index contributed by atoms with van der Waals surface area (Å²) in [6.07, 6.45) is 3.57. The van der Waals surface area contributed by atoms with Crippen molar-refractivity contribution in [3.05, 3.63) is 53.6 Å². The van der Waals surface area contributed by atoms with Crippen LogP contribution in [-0.2, 0) is 23.7 Å². The maximum atomic E-state index is 12.4. The predicted molar refractivity (Wildman–Crippen MR) is 105 cm³/mol. The number of fused-ring (bicyclic) bond motifs is 3. The van der Waals surface area contributed by atoms with Gasteiger partial charge in [-0.3, -0.25) is 9.36 Å². The Balaban J connectivity index is 1.74. The molecule has 0 bridgehead atoms. The fourth-order valence-electron chi connectivity index (χ4n) is 4.85. The molecule has 0 spiro atoms. The number of nitrogens with zero attached hydrogens (tertiary/aromatic N) is 6. The number of benzene rings is 1. The van der Waals surface area contributed by atoms with Crippen LogP contribution in [0.15, 0.2) is 42.2 Å². The summed E-state index contributed by atoms with van der Waals surface area (Å²) in [6.45, 7) is 2.15. The summed E-state index contributed by atoms with van der Waals surface area (Å²) in [6, 6.07) is 9.97. The third kappa shape index (κ3) is 2.62. The molecule has 5 rings (SSSR count). The fourth-order valence-corrected chi connectivity index (χ4v) is 4.85. The normalized spacial score (nSPS) is 25.1. The number of aliphatic hydroxyl groups is 1. The van der Waals surface area contributed by atoms with Gasteiger partial charge in [0.1, 0.15) is 5.82 Å². The third-order valence-corrected chi connectivity index (χ3v) is 6.38. The molecule has 3 aromatic rings. The molecule has 8 nitrogen and oxygen atoms in total. The van der Waals surface area contributed by atoms with Gasteiger partial charge in [0.2, 0.25) is 0 Å². The highest BCUT2D eigenvalue weighted by Crippen LogP contribution is 2.51. The van der Waals surface area contributed by atoms with Crippen molar-refractivity contribution in [1.29, 1.82) is 0 Å². The molecular formula is C21H22N6O2. The fraction of sp³-hybridized carbons (Fsp3) is 0.381. The maximum Gasteiger partial charge on any atom is 0.276 e. The Morgan fingerprint density at radius 1 is 1.28 bits per heavy atom. The van der Waals surface area contributed by atoms with Gasteiger partial charge in [-0.05, 0) is 30.4 Å². The minimum absolute atomic E-state index is 0.0386. The van der Waals surface area contributed by atoms with Crippen molar-refractivity contribution < 1.29 is 9.90 Å². The van der Waals surface area contributed by atoms with E-state index in [2.05, 4.69) is 22.3 Å². The number of ketones is 1. The molecule has 2 aliphatic carbocycles. The van der Waals surface area contributed by atoms with Gasteiger partial charge in [0, 0.05) is 23.0 Å². The van der Waals surface area contributed by atoms with E-state index in [0.717, 1.165) is 41.9 Å². The molecule has 2 aromatic heterocycles. The van der Waals surface area contributed by atoms with E-state index < -0.39 is 0 Å². The van der Waals surface area contributed by atoms with E-state index >= 15 is 0 Å². The molecule has 1 saturated carbocycles. The minimum Gasteiger partial charge on any atom is -0.515 e.